The van der Waals surface area contributed by atoms with Gasteiger partial charge in [0.15, 0.2) is 9.84 Å². The summed E-state index contributed by atoms with van der Waals surface area (Å²) in [6.45, 7) is 0.371. The molecule has 1 aromatic heterocycles. The Balaban J connectivity index is 1.99. The molecular formula is C11H15N3O3S. The number of aromatic nitrogens is 1. The molecule has 1 atom stereocenters. The Morgan fingerprint density at radius 1 is 1.50 bits per heavy atom. The van der Waals surface area contributed by atoms with E-state index in [1.165, 1.54) is 0 Å². The molecule has 1 saturated heterocycles. The van der Waals surface area contributed by atoms with Crippen LogP contribution in [0.2, 0.25) is 0 Å². The quantitative estimate of drug-likeness (QED) is 0.767. The summed E-state index contributed by atoms with van der Waals surface area (Å²) in [7, 11) is -2.99. The number of hydrogen-bond acceptors (Lipinski definition) is 5. The zero-order chi connectivity index (χ0) is 13.2. The standard InChI is InChI=1S/C11H15N3O3S/c12-5-8-1-2-10(13-6-8)11(15)14-9-3-4-18(16,17)7-9/h1-2,6,9H,3-5,7,12H2,(H,14,15). The van der Waals surface area contributed by atoms with Crippen LogP contribution in [0, 0.1) is 0 Å². The Labute approximate surface area is 106 Å². The zero-order valence-electron chi connectivity index (χ0n) is 9.80. The molecule has 0 bridgehead atoms. The number of pyridine rings is 1. The van der Waals surface area contributed by atoms with Crippen LogP contribution in [-0.4, -0.2) is 36.9 Å². The van der Waals surface area contributed by atoms with Crippen molar-refractivity contribution in [1.29, 1.82) is 0 Å². The molecule has 0 spiro atoms. The Morgan fingerprint density at radius 3 is 2.78 bits per heavy atom. The van der Waals surface area contributed by atoms with Crippen molar-refractivity contribution in [2.24, 2.45) is 5.73 Å². The fraction of sp³-hybridized carbons (Fsp3) is 0.455. The molecule has 18 heavy (non-hydrogen) atoms. The number of amides is 1. The molecule has 7 heteroatoms. The number of sulfone groups is 1. The van der Waals surface area contributed by atoms with Crippen LogP contribution in [0.5, 0.6) is 0 Å². The second kappa shape index (κ2) is 5.03. The number of carbonyl (C=O) groups is 1. The lowest BCUT2D eigenvalue weighted by molar-refractivity contribution is 0.0936. The highest BCUT2D eigenvalue weighted by molar-refractivity contribution is 7.91. The first-order valence-corrected chi connectivity index (χ1v) is 7.48. The highest BCUT2D eigenvalue weighted by atomic mass is 32.2. The van der Waals surface area contributed by atoms with Gasteiger partial charge in [-0.1, -0.05) is 6.07 Å². The van der Waals surface area contributed by atoms with E-state index >= 15 is 0 Å². The number of rotatable bonds is 3. The Kier molecular flexibility index (Phi) is 3.63. The number of carbonyl (C=O) groups excluding carboxylic acids is 1. The Hall–Kier alpha value is -1.47. The van der Waals surface area contributed by atoms with Crippen LogP contribution in [-0.2, 0) is 16.4 Å². The van der Waals surface area contributed by atoms with Gasteiger partial charge in [-0.05, 0) is 18.1 Å². The maximum absolute atomic E-state index is 11.8. The lowest BCUT2D eigenvalue weighted by Crippen LogP contribution is -2.36. The normalized spacial score (nSPS) is 21.7. The first-order valence-electron chi connectivity index (χ1n) is 5.66. The maximum atomic E-state index is 11.8. The summed E-state index contributed by atoms with van der Waals surface area (Å²) in [6, 6.07) is 3.01. The second-order valence-corrected chi connectivity index (χ2v) is 6.56. The SMILES string of the molecule is NCc1ccc(C(=O)NC2CCS(=O)(=O)C2)nc1. The van der Waals surface area contributed by atoms with Gasteiger partial charge in [0, 0.05) is 18.8 Å². The molecule has 0 radical (unpaired) electrons. The minimum absolute atomic E-state index is 0.0135. The molecule has 1 aliphatic rings. The largest absolute Gasteiger partial charge is 0.347 e. The van der Waals surface area contributed by atoms with Crippen LogP contribution < -0.4 is 11.1 Å². The molecule has 1 aromatic rings. The molecule has 2 heterocycles. The summed E-state index contributed by atoms with van der Waals surface area (Å²) in [5.74, 6) is -0.197. The van der Waals surface area contributed by atoms with Crippen LogP contribution in [0.1, 0.15) is 22.5 Å². The van der Waals surface area contributed by atoms with Gasteiger partial charge in [0.25, 0.3) is 5.91 Å². The third kappa shape index (κ3) is 3.05. The number of nitrogens with zero attached hydrogens (tertiary/aromatic N) is 1. The van der Waals surface area contributed by atoms with Crippen LogP contribution in [0.25, 0.3) is 0 Å². The molecule has 0 aliphatic carbocycles. The number of hydrogen-bond donors (Lipinski definition) is 2. The van der Waals surface area contributed by atoms with Crippen molar-refractivity contribution < 1.29 is 13.2 Å². The summed E-state index contributed by atoms with van der Waals surface area (Å²) in [5, 5.41) is 2.68. The smallest absolute Gasteiger partial charge is 0.270 e. The van der Waals surface area contributed by atoms with E-state index in [0.29, 0.717) is 13.0 Å². The van der Waals surface area contributed by atoms with Crippen LogP contribution in [0.15, 0.2) is 18.3 Å². The number of nitrogens with one attached hydrogen (secondary N) is 1. The molecule has 1 aliphatic heterocycles. The van der Waals surface area contributed by atoms with Gasteiger partial charge in [0.1, 0.15) is 5.69 Å². The molecule has 3 N–H and O–H groups in total. The highest BCUT2D eigenvalue weighted by Gasteiger charge is 2.29. The lowest BCUT2D eigenvalue weighted by atomic mass is 10.2. The van der Waals surface area contributed by atoms with E-state index in [4.69, 9.17) is 5.73 Å². The Morgan fingerprint density at radius 2 is 2.28 bits per heavy atom. The minimum atomic E-state index is -2.99. The highest BCUT2D eigenvalue weighted by Crippen LogP contribution is 2.11. The maximum Gasteiger partial charge on any atom is 0.270 e. The van der Waals surface area contributed by atoms with Gasteiger partial charge in [0.05, 0.1) is 11.5 Å². The van der Waals surface area contributed by atoms with E-state index < -0.39 is 9.84 Å². The molecule has 98 valence electrons. The van der Waals surface area contributed by atoms with E-state index in [0.717, 1.165) is 5.56 Å². The third-order valence-electron chi connectivity index (χ3n) is 2.86. The van der Waals surface area contributed by atoms with Gasteiger partial charge in [-0.3, -0.25) is 9.78 Å². The molecule has 6 nitrogen and oxygen atoms in total. The van der Waals surface area contributed by atoms with E-state index in [1.807, 2.05) is 0 Å². The minimum Gasteiger partial charge on any atom is -0.347 e. The van der Waals surface area contributed by atoms with E-state index in [2.05, 4.69) is 10.3 Å². The Bertz CT molecular complexity index is 539. The average molecular weight is 269 g/mol. The summed E-state index contributed by atoms with van der Waals surface area (Å²) in [5.41, 5.74) is 6.55. The van der Waals surface area contributed by atoms with Gasteiger partial charge in [-0.25, -0.2) is 8.42 Å². The van der Waals surface area contributed by atoms with Crippen molar-refractivity contribution in [2.45, 2.75) is 19.0 Å². The predicted octanol–water partition coefficient (Wildman–Crippen LogP) is -0.543. The van der Waals surface area contributed by atoms with Gasteiger partial charge in [-0.2, -0.15) is 0 Å². The average Bonchev–Trinajstić information content (AvgIpc) is 2.68. The number of nitrogens with two attached hydrogens (primary N) is 1. The van der Waals surface area contributed by atoms with Gasteiger partial charge in [0.2, 0.25) is 0 Å². The molecule has 0 saturated carbocycles. The van der Waals surface area contributed by atoms with Gasteiger partial charge >= 0.3 is 0 Å². The van der Waals surface area contributed by atoms with Crippen molar-refractivity contribution in [3.8, 4) is 0 Å². The predicted molar refractivity (Wildman–Crippen MR) is 66.7 cm³/mol. The summed E-state index contributed by atoms with van der Waals surface area (Å²) < 4.78 is 22.5. The summed E-state index contributed by atoms with van der Waals surface area (Å²) in [6.07, 6.45) is 2.01. The summed E-state index contributed by atoms with van der Waals surface area (Å²) in [4.78, 5) is 15.8. The topological polar surface area (TPSA) is 102 Å². The van der Waals surface area contributed by atoms with E-state index in [1.54, 1.807) is 18.3 Å². The van der Waals surface area contributed by atoms with E-state index in [-0.39, 0.29) is 29.1 Å². The monoisotopic (exact) mass is 269 g/mol. The molecule has 0 aromatic carbocycles. The second-order valence-electron chi connectivity index (χ2n) is 4.33. The van der Waals surface area contributed by atoms with Crippen LogP contribution in [0.3, 0.4) is 0 Å². The summed E-state index contributed by atoms with van der Waals surface area (Å²) >= 11 is 0. The lowest BCUT2D eigenvalue weighted by Gasteiger charge is -2.10. The molecule has 1 unspecified atom stereocenters. The molecule has 1 amide bonds. The zero-order valence-corrected chi connectivity index (χ0v) is 10.6. The molecule has 2 rings (SSSR count). The van der Waals surface area contributed by atoms with Gasteiger partial charge < -0.3 is 11.1 Å². The molecule has 1 fully saturated rings. The van der Waals surface area contributed by atoms with Crippen LogP contribution >= 0.6 is 0 Å². The third-order valence-corrected chi connectivity index (χ3v) is 4.63. The van der Waals surface area contributed by atoms with Crippen molar-refractivity contribution in [3.05, 3.63) is 29.6 Å². The fourth-order valence-corrected chi connectivity index (χ4v) is 3.52. The van der Waals surface area contributed by atoms with Crippen molar-refractivity contribution in [1.82, 2.24) is 10.3 Å². The van der Waals surface area contributed by atoms with Crippen molar-refractivity contribution >= 4 is 15.7 Å². The van der Waals surface area contributed by atoms with Crippen LogP contribution in [0.4, 0.5) is 0 Å². The van der Waals surface area contributed by atoms with Crippen molar-refractivity contribution in [2.75, 3.05) is 11.5 Å². The van der Waals surface area contributed by atoms with E-state index in [9.17, 15) is 13.2 Å². The fourth-order valence-electron chi connectivity index (χ4n) is 1.85. The van der Waals surface area contributed by atoms with Gasteiger partial charge in [-0.15, -0.1) is 0 Å². The molecular weight excluding hydrogens is 254 g/mol. The van der Waals surface area contributed by atoms with Crippen molar-refractivity contribution in [3.63, 3.8) is 0 Å². The first-order chi connectivity index (χ1) is 8.50. The first kappa shape index (κ1) is 13.0.